The van der Waals surface area contributed by atoms with Crippen LogP contribution in [0.4, 0.5) is 4.39 Å². The molecule has 47 heavy (non-hydrogen) atoms. The van der Waals surface area contributed by atoms with Gasteiger partial charge in [-0.2, -0.15) is 0 Å². The van der Waals surface area contributed by atoms with Gasteiger partial charge in [0.15, 0.2) is 16.0 Å². The molecule has 2 aromatic carbocycles. The number of piperidine rings is 2. The summed E-state index contributed by atoms with van der Waals surface area (Å²) < 4.78 is 18.5. The SMILES string of the molecule is CC(=O)SC1CCN(C(C(=O)C2CC2)c2ccccc2F)C/C1=C\c1csnn1.CC(=O)SC1CCNC/C1=C\c1ccccc1.Cl. The first-order valence-electron chi connectivity index (χ1n) is 15.6. The van der Waals surface area contributed by atoms with E-state index in [1.165, 1.54) is 52.3 Å². The minimum atomic E-state index is -0.594. The van der Waals surface area contributed by atoms with Crippen molar-refractivity contribution >= 4 is 75.6 Å². The van der Waals surface area contributed by atoms with Crippen LogP contribution >= 0.6 is 47.5 Å². The molecule has 3 atom stereocenters. The lowest BCUT2D eigenvalue weighted by molar-refractivity contribution is -0.126. The minimum absolute atomic E-state index is 0. The Morgan fingerprint density at radius 3 is 2.26 bits per heavy atom. The fourth-order valence-electron chi connectivity index (χ4n) is 5.83. The molecule has 3 aliphatic rings. The highest BCUT2D eigenvalue weighted by Crippen LogP contribution is 2.40. The predicted octanol–water partition coefficient (Wildman–Crippen LogP) is 7.27. The Hall–Kier alpha value is -2.67. The zero-order valence-electron chi connectivity index (χ0n) is 26.5. The van der Waals surface area contributed by atoms with Crippen LogP contribution in [0.1, 0.15) is 62.4 Å². The normalized spacial score (nSPS) is 22.1. The molecule has 6 rings (SSSR count). The van der Waals surface area contributed by atoms with Crippen LogP contribution in [0.2, 0.25) is 0 Å². The second-order valence-corrected chi connectivity index (χ2v) is 15.1. The molecule has 0 spiro atoms. The van der Waals surface area contributed by atoms with Crippen molar-refractivity contribution in [2.24, 2.45) is 5.92 Å². The lowest BCUT2D eigenvalue weighted by Crippen LogP contribution is -2.43. The number of carbonyl (C=O) groups excluding carboxylic acids is 3. The van der Waals surface area contributed by atoms with E-state index in [9.17, 15) is 18.8 Å². The molecular formula is C35H40ClFN4O3S3. The molecule has 7 nitrogen and oxygen atoms in total. The summed E-state index contributed by atoms with van der Waals surface area (Å²) in [6, 6.07) is 16.2. The first kappa shape index (κ1) is 37.2. The molecule has 250 valence electrons. The molecule has 2 saturated heterocycles. The zero-order valence-corrected chi connectivity index (χ0v) is 29.7. The number of nitrogens with one attached hydrogen (secondary N) is 1. The number of aromatic nitrogens is 2. The van der Waals surface area contributed by atoms with Crippen molar-refractivity contribution in [2.45, 2.75) is 56.1 Å². The van der Waals surface area contributed by atoms with Gasteiger partial charge in [-0.15, -0.1) is 17.5 Å². The number of carbonyl (C=O) groups is 3. The summed E-state index contributed by atoms with van der Waals surface area (Å²) in [6.45, 7) is 6.23. The van der Waals surface area contributed by atoms with E-state index >= 15 is 0 Å². The molecule has 1 aliphatic carbocycles. The minimum Gasteiger partial charge on any atom is -0.313 e. The van der Waals surface area contributed by atoms with Crippen LogP contribution in [-0.2, 0) is 14.4 Å². The lowest BCUT2D eigenvalue weighted by atomic mass is 9.93. The standard InChI is InChI=1S/C21H22FN3O2S2.C14H17NOS.ClH/c1-13(26)29-19-8-9-25(11-15(19)10-16-12-28-24-23-16)20(21(27)14-6-7-14)17-4-2-3-5-18(17)22;1-11(16)17-14-7-8-15-10-13(14)9-12-5-3-2-4-6-12;/h2-5,10,12,14,19-20H,6-9,11H2,1H3;2-6,9,14-15H,7-8,10H2,1H3;1H/b15-10+;13-9+;. The fraction of sp³-hybridized carbons (Fsp3) is 0.400. The Balaban J connectivity index is 0.000000238. The molecule has 2 aliphatic heterocycles. The molecule has 1 saturated carbocycles. The summed E-state index contributed by atoms with van der Waals surface area (Å²) in [7, 11) is 0. The summed E-state index contributed by atoms with van der Waals surface area (Å²) in [6.07, 6.45) is 7.67. The van der Waals surface area contributed by atoms with Gasteiger partial charge in [0.25, 0.3) is 0 Å². The highest BCUT2D eigenvalue weighted by molar-refractivity contribution is 8.14. The number of hydrogen-bond acceptors (Lipinski definition) is 10. The van der Waals surface area contributed by atoms with Gasteiger partial charge in [0.2, 0.25) is 0 Å². The molecule has 3 fully saturated rings. The van der Waals surface area contributed by atoms with Gasteiger partial charge in [0.05, 0.1) is 11.7 Å². The Morgan fingerprint density at radius 1 is 0.936 bits per heavy atom. The molecule has 3 unspecified atom stereocenters. The topological polar surface area (TPSA) is 92.3 Å². The Morgan fingerprint density at radius 2 is 1.62 bits per heavy atom. The van der Waals surface area contributed by atoms with Gasteiger partial charge in [0, 0.05) is 60.8 Å². The van der Waals surface area contributed by atoms with E-state index in [2.05, 4.69) is 38.0 Å². The Kier molecular flexibility index (Phi) is 14.4. The second-order valence-electron chi connectivity index (χ2n) is 11.7. The molecule has 1 aromatic heterocycles. The summed E-state index contributed by atoms with van der Waals surface area (Å²) in [5, 5.41) is 9.95. The predicted molar refractivity (Wildman–Crippen MR) is 194 cm³/mol. The van der Waals surface area contributed by atoms with Crippen LogP contribution in [-0.4, -0.2) is 67.2 Å². The Labute approximate surface area is 294 Å². The molecule has 12 heteroatoms. The largest absolute Gasteiger partial charge is 0.313 e. The van der Waals surface area contributed by atoms with Gasteiger partial charge in [0.1, 0.15) is 5.82 Å². The maximum absolute atomic E-state index is 14.6. The van der Waals surface area contributed by atoms with Crippen molar-refractivity contribution in [3.05, 3.63) is 93.8 Å². The van der Waals surface area contributed by atoms with Gasteiger partial charge >= 0.3 is 0 Å². The van der Waals surface area contributed by atoms with E-state index in [4.69, 9.17) is 0 Å². The lowest BCUT2D eigenvalue weighted by Gasteiger charge is -2.38. The van der Waals surface area contributed by atoms with Crippen molar-refractivity contribution in [1.82, 2.24) is 19.8 Å². The van der Waals surface area contributed by atoms with Gasteiger partial charge in [-0.1, -0.05) is 82.6 Å². The van der Waals surface area contributed by atoms with Crippen LogP contribution in [0, 0.1) is 11.7 Å². The number of halogens is 2. The molecule has 0 amide bonds. The maximum Gasteiger partial charge on any atom is 0.186 e. The maximum atomic E-state index is 14.6. The number of nitrogens with zero attached hydrogens (tertiary/aromatic N) is 3. The number of hydrogen-bond donors (Lipinski definition) is 1. The summed E-state index contributed by atoms with van der Waals surface area (Å²) >= 11 is 4.03. The molecule has 0 bridgehead atoms. The van der Waals surface area contributed by atoms with Crippen LogP contribution in [0.25, 0.3) is 12.2 Å². The zero-order chi connectivity index (χ0) is 32.5. The second kappa shape index (κ2) is 18.2. The number of rotatable bonds is 8. The van der Waals surface area contributed by atoms with Crippen molar-refractivity contribution in [1.29, 1.82) is 0 Å². The third-order valence-corrected chi connectivity index (χ3v) is 10.9. The van der Waals surface area contributed by atoms with Gasteiger partial charge in [-0.3, -0.25) is 19.3 Å². The van der Waals surface area contributed by atoms with E-state index in [0.29, 0.717) is 23.9 Å². The fourth-order valence-corrected chi connectivity index (χ4v) is 8.10. The smallest absolute Gasteiger partial charge is 0.186 e. The monoisotopic (exact) mass is 714 g/mol. The van der Waals surface area contributed by atoms with E-state index in [0.717, 1.165) is 50.0 Å². The first-order chi connectivity index (χ1) is 22.3. The van der Waals surface area contributed by atoms with Crippen LogP contribution in [0.3, 0.4) is 0 Å². The van der Waals surface area contributed by atoms with Crippen molar-refractivity contribution in [2.75, 3.05) is 26.2 Å². The number of likely N-dealkylation sites (tertiary alicyclic amines) is 1. The highest BCUT2D eigenvalue weighted by Gasteiger charge is 2.41. The van der Waals surface area contributed by atoms with Gasteiger partial charge in [-0.25, -0.2) is 4.39 Å². The van der Waals surface area contributed by atoms with E-state index in [1.807, 2.05) is 29.7 Å². The van der Waals surface area contributed by atoms with Crippen molar-refractivity contribution < 1.29 is 18.8 Å². The van der Waals surface area contributed by atoms with Crippen LogP contribution in [0.5, 0.6) is 0 Å². The molecule has 3 heterocycles. The van der Waals surface area contributed by atoms with E-state index in [1.54, 1.807) is 32.0 Å². The number of ketones is 1. The van der Waals surface area contributed by atoms with E-state index < -0.39 is 6.04 Å². The molecule has 3 aromatic rings. The molecular weight excluding hydrogens is 675 g/mol. The average Bonchev–Trinajstić information content (AvgIpc) is 3.77. The number of benzene rings is 2. The third-order valence-electron chi connectivity index (χ3n) is 8.10. The quantitative estimate of drug-likeness (QED) is 0.259. The van der Waals surface area contributed by atoms with Crippen LogP contribution in [0.15, 0.2) is 71.1 Å². The summed E-state index contributed by atoms with van der Waals surface area (Å²) in [4.78, 5) is 38.2. The highest BCUT2D eigenvalue weighted by atomic mass is 35.5. The average molecular weight is 715 g/mol. The van der Waals surface area contributed by atoms with Crippen molar-refractivity contribution in [3.63, 3.8) is 0 Å². The third kappa shape index (κ3) is 10.9. The molecule has 0 radical (unpaired) electrons. The van der Waals surface area contributed by atoms with Crippen LogP contribution < -0.4 is 5.32 Å². The first-order valence-corrected chi connectivity index (χ1v) is 18.2. The van der Waals surface area contributed by atoms with Gasteiger partial charge in [-0.05, 0) is 72.6 Å². The van der Waals surface area contributed by atoms with E-state index in [-0.39, 0.29) is 45.4 Å². The summed E-state index contributed by atoms with van der Waals surface area (Å²) in [5.41, 5.74) is 4.74. The van der Waals surface area contributed by atoms with Gasteiger partial charge < -0.3 is 5.32 Å². The van der Waals surface area contributed by atoms with Crippen molar-refractivity contribution in [3.8, 4) is 0 Å². The Bertz CT molecular complexity index is 1570. The number of Topliss-reactive ketones (excluding diaryl/α,β-unsaturated/α-hetero) is 1. The molecule has 1 N–H and O–H groups in total. The summed E-state index contributed by atoms with van der Waals surface area (Å²) in [5.74, 6) is -0.220. The number of thioether (sulfide) groups is 2.